The molecule has 4 rings (SSSR count). The molecule has 1 heterocycles. The van der Waals surface area contributed by atoms with Crippen molar-refractivity contribution in [3.05, 3.63) is 95.1 Å². The van der Waals surface area contributed by atoms with Crippen molar-refractivity contribution < 1.29 is 53.1 Å². The molecule has 0 radical (unpaired) electrons. The van der Waals surface area contributed by atoms with E-state index in [9.17, 15) is 27.9 Å². The normalized spacial score (nSPS) is 15.1. The van der Waals surface area contributed by atoms with Crippen LogP contribution in [0.25, 0.3) is 0 Å². The number of aliphatic carboxylic acids is 3. The van der Waals surface area contributed by atoms with Gasteiger partial charge in [-0.3, -0.25) is 14.5 Å². The zero-order valence-corrected chi connectivity index (χ0v) is 26.2. The number of nitrogens with zero attached hydrogens (tertiary/aromatic N) is 1. The summed E-state index contributed by atoms with van der Waals surface area (Å²) in [6.45, 7) is 4.46. The topological polar surface area (TPSA) is 199 Å². The summed E-state index contributed by atoms with van der Waals surface area (Å²) in [6, 6.07) is 22.8. The molecule has 1 fully saturated rings. The Kier molecular flexibility index (Phi) is 12.8. The number of carboxylic acids is 3. The van der Waals surface area contributed by atoms with Gasteiger partial charge in [0.1, 0.15) is 12.4 Å². The van der Waals surface area contributed by atoms with E-state index in [1.165, 1.54) is 5.56 Å². The zero-order valence-electron chi connectivity index (χ0n) is 25.4. The van der Waals surface area contributed by atoms with E-state index in [-0.39, 0.29) is 18.4 Å². The van der Waals surface area contributed by atoms with E-state index in [0.717, 1.165) is 37.1 Å². The number of sulfone groups is 1. The molecule has 5 N–H and O–H groups in total. The maximum atomic E-state index is 12.7. The van der Waals surface area contributed by atoms with Crippen LogP contribution >= 0.6 is 0 Å². The molecule has 3 aromatic rings. The monoisotopic (exact) mass is 657 g/mol. The Balaban J connectivity index is 0.000000376. The smallest absolute Gasteiger partial charge is 0.336 e. The first kappa shape index (κ1) is 36.2. The first-order valence-electron chi connectivity index (χ1n) is 14.5. The molecule has 0 bridgehead atoms. The Morgan fingerprint density at radius 1 is 0.891 bits per heavy atom. The van der Waals surface area contributed by atoms with Gasteiger partial charge in [0.25, 0.3) is 0 Å². The minimum absolute atomic E-state index is 0.0604. The Morgan fingerprint density at radius 2 is 1.50 bits per heavy atom. The minimum Gasteiger partial charge on any atom is -0.489 e. The van der Waals surface area contributed by atoms with Gasteiger partial charge in [-0.2, -0.15) is 0 Å². The van der Waals surface area contributed by atoms with E-state index in [1.54, 1.807) is 24.3 Å². The number of likely N-dealkylation sites (tertiary alicyclic amines) is 1. The largest absolute Gasteiger partial charge is 0.489 e. The number of hydrogen-bond donors (Lipinski definition) is 5. The second-order valence-corrected chi connectivity index (χ2v) is 13.2. The fourth-order valence-corrected chi connectivity index (χ4v) is 6.43. The van der Waals surface area contributed by atoms with Crippen molar-refractivity contribution in [1.29, 1.82) is 0 Å². The highest BCUT2D eigenvalue weighted by Gasteiger charge is 2.40. The van der Waals surface area contributed by atoms with Crippen molar-refractivity contribution >= 4 is 27.7 Å². The molecule has 1 aliphatic rings. The van der Waals surface area contributed by atoms with Gasteiger partial charge in [-0.1, -0.05) is 48.5 Å². The van der Waals surface area contributed by atoms with E-state index in [4.69, 9.17) is 25.2 Å². The summed E-state index contributed by atoms with van der Waals surface area (Å²) < 4.78 is 31.5. The lowest BCUT2D eigenvalue weighted by molar-refractivity contribution is -0.170. The molecule has 1 saturated heterocycles. The molecule has 12 nitrogen and oxygen atoms in total. The Hall–Kier alpha value is -4.30. The summed E-state index contributed by atoms with van der Waals surface area (Å²) in [5.41, 5.74) is 1.22. The molecule has 0 spiro atoms. The second kappa shape index (κ2) is 16.3. The molecule has 1 atom stereocenters. The number of aliphatic hydroxyl groups is 2. The van der Waals surface area contributed by atoms with Crippen LogP contribution in [-0.2, 0) is 43.1 Å². The Bertz CT molecular complexity index is 1580. The van der Waals surface area contributed by atoms with Gasteiger partial charge in [0.2, 0.25) is 0 Å². The van der Waals surface area contributed by atoms with Crippen molar-refractivity contribution in [2.75, 3.05) is 13.2 Å². The third-order valence-electron chi connectivity index (χ3n) is 7.38. The third kappa shape index (κ3) is 10.9. The van der Waals surface area contributed by atoms with Gasteiger partial charge in [0, 0.05) is 12.6 Å². The van der Waals surface area contributed by atoms with Crippen molar-refractivity contribution in [2.24, 2.45) is 0 Å². The maximum absolute atomic E-state index is 12.7. The van der Waals surface area contributed by atoms with Crippen LogP contribution in [-0.4, -0.2) is 81.6 Å². The maximum Gasteiger partial charge on any atom is 0.336 e. The van der Waals surface area contributed by atoms with Crippen LogP contribution in [0.4, 0.5) is 0 Å². The van der Waals surface area contributed by atoms with Crippen molar-refractivity contribution in [1.82, 2.24) is 4.90 Å². The molecule has 248 valence electrons. The van der Waals surface area contributed by atoms with Crippen LogP contribution in [0.1, 0.15) is 47.9 Å². The number of carbonyl (C=O) groups is 3. The number of aliphatic hydroxyl groups excluding tert-OH is 1. The molecule has 46 heavy (non-hydrogen) atoms. The summed E-state index contributed by atoms with van der Waals surface area (Å²) >= 11 is 0. The standard InChI is InChI=1S/C27H31NO4S.C6H8O7/c1-21-14-24(20-33(30,31)27-7-3-2-4-8-27)16-26(15-21)32-19-23-11-9-22(10-12-23)17-28-13-5-6-25(28)18-29;7-3(8)1-6(13,5(11)12)2-4(9)10/h2-4,7-12,14-16,25,29H,5-6,13,17-20H2,1H3;13H,1-2H2,(H,7,8)(H,9,10)(H,11,12). The predicted molar refractivity (Wildman–Crippen MR) is 167 cm³/mol. The van der Waals surface area contributed by atoms with Crippen molar-refractivity contribution in [3.63, 3.8) is 0 Å². The van der Waals surface area contributed by atoms with E-state index in [2.05, 4.69) is 29.2 Å². The van der Waals surface area contributed by atoms with Crippen LogP contribution in [0, 0.1) is 6.92 Å². The number of ether oxygens (including phenoxy) is 1. The minimum atomic E-state index is -3.41. The van der Waals surface area contributed by atoms with Gasteiger partial charge < -0.3 is 30.3 Å². The van der Waals surface area contributed by atoms with Gasteiger partial charge in [0.15, 0.2) is 15.4 Å². The first-order chi connectivity index (χ1) is 21.7. The molecule has 0 aromatic heterocycles. The molecule has 1 aliphatic heterocycles. The van der Waals surface area contributed by atoms with Gasteiger partial charge in [-0.15, -0.1) is 0 Å². The number of rotatable bonds is 14. The molecule has 0 amide bonds. The molecular weight excluding hydrogens is 618 g/mol. The Morgan fingerprint density at radius 3 is 2.07 bits per heavy atom. The number of benzene rings is 3. The molecule has 1 unspecified atom stereocenters. The zero-order chi connectivity index (χ0) is 33.9. The highest BCUT2D eigenvalue weighted by atomic mass is 32.2. The average Bonchev–Trinajstić information content (AvgIpc) is 3.43. The summed E-state index contributed by atoms with van der Waals surface area (Å²) in [7, 11) is -3.41. The third-order valence-corrected chi connectivity index (χ3v) is 9.08. The van der Waals surface area contributed by atoms with Gasteiger partial charge >= 0.3 is 17.9 Å². The first-order valence-corrected chi connectivity index (χ1v) is 16.2. The van der Waals surface area contributed by atoms with E-state index in [0.29, 0.717) is 22.8 Å². The van der Waals surface area contributed by atoms with E-state index < -0.39 is 46.2 Å². The van der Waals surface area contributed by atoms with Gasteiger partial charge in [-0.05, 0) is 72.8 Å². The summed E-state index contributed by atoms with van der Waals surface area (Å²) in [5.74, 6) is -4.41. The lowest BCUT2D eigenvalue weighted by Gasteiger charge is -2.22. The molecule has 0 saturated carbocycles. The highest BCUT2D eigenvalue weighted by Crippen LogP contribution is 2.24. The average molecular weight is 658 g/mol. The molecule has 13 heteroatoms. The van der Waals surface area contributed by atoms with Crippen LogP contribution in [0.2, 0.25) is 0 Å². The van der Waals surface area contributed by atoms with Crippen LogP contribution in [0.3, 0.4) is 0 Å². The number of hydrogen-bond acceptors (Lipinski definition) is 9. The second-order valence-electron chi connectivity index (χ2n) is 11.3. The lowest BCUT2D eigenvalue weighted by atomic mass is 9.96. The SMILES string of the molecule is Cc1cc(CS(=O)(=O)c2ccccc2)cc(OCc2ccc(CN3CCCC3CO)cc2)c1.O=C(O)CC(O)(CC(=O)O)C(=O)O. The summed E-state index contributed by atoms with van der Waals surface area (Å²) in [6.07, 6.45) is -0.0842. The summed E-state index contributed by atoms with van der Waals surface area (Å²) in [5, 5.41) is 43.3. The van der Waals surface area contributed by atoms with Crippen molar-refractivity contribution in [2.45, 2.75) is 68.0 Å². The lowest BCUT2D eigenvalue weighted by Crippen LogP contribution is -2.42. The number of carboxylic acid groups (broad SMARTS) is 3. The van der Waals surface area contributed by atoms with E-state index in [1.807, 2.05) is 31.2 Å². The van der Waals surface area contributed by atoms with Gasteiger partial charge in [-0.25, -0.2) is 13.2 Å². The van der Waals surface area contributed by atoms with E-state index >= 15 is 0 Å². The van der Waals surface area contributed by atoms with Crippen LogP contribution < -0.4 is 4.74 Å². The molecule has 3 aromatic carbocycles. The fourth-order valence-electron chi connectivity index (χ4n) is 5.09. The fraction of sp³-hybridized carbons (Fsp3) is 0.364. The van der Waals surface area contributed by atoms with Crippen molar-refractivity contribution in [3.8, 4) is 5.75 Å². The number of aryl methyl sites for hydroxylation is 1. The van der Waals surface area contributed by atoms with Crippen LogP contribution in [0.5, 0.6) is 5.75 Å². The highest BCUT2D eigenvalue weighted by molar-refractivity contribution is 7.90. The summed E-state index contributed by atoms with van der Waals surface area (Å²) in [4.78, 5) is 33.1. The van der Waals surface area contributed by atoms with Gasteiger partial charge in [0.05, 0.1) is 30.1 Å². The Labute approximate surface area is 267 Å². The van der Waals surface area contributed by atoms with Crippen LogP contribution in [0.15, 0.2) is 77.7 Å². The predicted octanol–water partition coefficient (Wildman–Crippen LogP) is 3.26. The molecular formula is C33H39NO11S. The quantitative estimate of drug-likeness (QED) is 0.170. The molecule has 0 aliphatic carbocycles.